The molecule has 0 radical (unpaired) electrons. The Morgan fingerprint density at radius 2 is 2.20 bits per heavy atom. The summed E-state index contributed by atoms with van der Waals surface area (Å²) in [7, 11) is 1.76. The van der Waals surface area contributed by atoms with Crippen LogP contribution >= 0.6 is 0 Å². The molecule has 1 aromatic rings. The molecular weight excluding hydrogens is 192 g/mol. The van der Waals surface area contributed by atoms with Crippen molar-refractivity contribution in [3.8, 4) is 5.75 Å². The van der Waals surface area contributed by atoms with Crippen molar-refractivity contribution in [1.29, 1.82) is 0 Å². The van der Waals surface area contributed by atoms with Crippen LogP contribution in [0.2, 0.25) is 0 Å². The molecule has 0 aliphatic heterocycles. The van der Waals surface area contributed by atoms with E-state index < -0.39 is 6.10 Å². The third-order valence-corrected chi connectivity index (χ3v) is 3.03. The molecule has 1 aliphatic carbocycles. The topological polar surface area (TPSA) is 78.5 Å². The number of phenols is 1. The number of rotatable bonds is 1. The van der Waals surface area contributed by atoms with E-state index in [2.05, 4.69) is 5.32 Å². The van der Waals surface area contributed by atoms with Crippen molar-refractivity contribution in [2.75, 3.05) is 12.4 Å². The first kappa shape index (κ1) is 10.3. The number of phenolic OH excluding ortho intramolecular Hbond substituents is 1. The van der Waals surface area contributed by atoms with Crippen molar-refractivity contribution >= 4 is 5.69 Å². The summed E-state index contributed by atoms with van der Waals surface area (Å²) in [5.74, 6) is 0.221. The highest BCUT2D eigenvalue weighted by Crippen LogP contribution is 2.38. The highest BCUT2D eigenvalue weighted by molar-refractivity contribution is 5.64. The van der Waals surface area contributed by atoms with E-state index in [0.29, 0.717) is 5.69 Å². The maximum absolute atomic E-state index is 9.91. The normalized spacial score (nSPS) is 24.7. The Labute approximate surface area is 88.7 Å². The van der Waals surface area contributed by atoms with Crippen LogP contribution in [0.15, 0.2) is 12.1 Å². The van der Waals surface area contributed by atoms with Crippen molar-refractivity contribution < 1.29 is 10.2 Å². The summed E-state index contributed by atoms with van der Waals surface area (Å²) >= 11 is 0. The molecule has 82 valence electrons. The standard InChI is InChI=1S/C11H16N2O2/c1-13-10-6-2-4-8(12)11(15)7(6)3-5-9(10)14/h3,5,8,11,13-15H,2,4,12H2,1H3/t8-,11-/m1/s1. The minimum atomic E-state index is -0.624. The van der Waals surface area contributed by atoms with Crippen molar-refractivity contribution in [2.24, 2.45) is 5.73 Å². The van der Waals surface area contributed by atoms with Crippen molar-refractivity contribution in [1.82, 2.24) is 0 Å². The zero-order chi connectivity index (χ0) is 11.0. The second-order valence-corrected chi connectivity index (χ2v) is 3.92. The zero-order valence-electron chi connectivity index (χ0n) is 8.70. The largest absolute Gasteiger partial charge is 0.506 e. The van der Waals surface area contributed by atoms with Crippen molar-refractivity contribution in [3.63, 3.8) is 0 Å². The Morgan fingerprint density at radius 1 is 1.47 bits per heavy atom. The monoisotopic (exact) mass is 208 g/mol. The maximum Gasteiger partial charge on any atom is 0.138 e. The van der Waals surface area contributed by atoms with Crippen molar-refractivity contribution in [3.05, 3.63) is 23.3 Å². The molecule has 0 saturated carbocycles. The number of fused-ring (bicyclic) bond motifs is 1. The highest BCUT2D eigenvalue weighted by atomic mass is 16.3. The maximum atomic E-state index is 9.91. The van der Waals surface area contributed by atoms with Gasteiger partial charge in [0.1, 0.15) is 5.75 Å². The molecule has 0 aromatic heterocycles. The van der Waals surface area contributed by atoms with Crippen LogP contribution in [0.5, 0.6) is 5.75 Å². The van der Waals surface area contributed by atoms with Crippen LogP contribution in [0.4, 0.5) is 5.69 Å². The molecule has 1 aliphatic rings. The molecule has 0 amide bonds. The molecule has 4 heteroatoms. The third-order valence-electron chi connectivity index (χ3n) is 3.03. The van der Waals surface area contributed by atoms with Crippen LogP contribution < -0.4 is 11.1 Å². The second kappa shape index (κ2) is 3.72. The van der Waals surface area contributed by atoms with Gasteiger partial charge in [0.05, 0.1) is 11.8 Å². The van der Waals surface area contributed by atoms with E-state index in [1.807, 2.05) is 0 Å². The van der Waals surface area contributed by atoms with Gasteiger partial charge in [0.15, 0.2) is 0 Å². The average Bonchev–Trinajstić information content (AvgIpc) is 2.23. The first-order chi connectivity index (χ1) is 7.15. The Kier molecular flexibility index (Phi) is 2.54. The number of nitrogens with two attached hydrogens (primary N) is 1. The van der Waals surface area contributed by atoms with Gasteiger partial charge in [-0.05, 0) is 30.0 Å². The van der Waals surface area contributed by atoms with Gasteiger partial charge in [-0.3, -0.25) is 0 Å². The first-order valence-corrected chi connectivity index (χ1v) is 5.11. The predicted octanol–water partition coefficient (Wildman–Crippen LogP) is 0.741. The number of anilines is 1. The van der Waals surface area contributed by atoms with Gasteiger partial charge in [-0.2, -0.15) is 0 Å². The zero-order valence-corrected chi connectivity index (χ0v) is 8.70. The highest BCUT2D eigenvalue weighted by Gasteiger charge is 2.27. The van der Waals surface area contributed by atoms with Gasteiger partial charge in [-0.15, -0.1) is 0 Å². The smallest absolute Gasteiger partial charge is 0.138 e. The van der Waals surface area contributed by atoms with E-state index >= 15 is 0 Å². The number of nitrogens with one attached hydrogen (secondary N) is 1. The first-order valence-electron chi connectivity index (χ1n) is 5.11. The predicted molar refractivity (Wildman–Crippen MR) is 58.9 cm³/mol. The van der Waals surface area contributed by atoms with E-state index in [9.17, 15) is 10.2 Å². The lowest BCUT2D eigenvalue weighted by Crippen LogP contribution is -2.33. The lowest BCUT2D eigenvalue weighted by Gasteiger charge is -2.29. The fourth-order valence-corrected chi connectivity index (χ4v) is 2.18. The van der Waals surface area contributed by atoms with Gasteiger partial charge < -0.3 is 21.3 Å². The summed E-state index contributed by atoms with van der Waals surface area (Å²) in [4.78, 5) is 0. The van der Waals surface area contributed by atoms with E-state index in [1.165, 1.54) is 0 Å². The van der Waals surface area contributed by atoms with E-state index in [1.54, 1.807) is 19.2 Å². The molecule has 1 aromatic carbocycles. The number of benzene rings is 1. The number of aromatic hydroxyl groups is 1. The summed E-state index contributed by atoms with van der Waals surface area (Å²) in [6, 6.07) is 3.13. The molecule has 5 N–H and O–H groups in total. The van der Waals surface area contributed by atoms with E-state index in [-0.39, 0.29) is 11.8 Å². The average molecular weight is 208 g/mol. The van der Waals surface area contributed by atoms with Gasteiger partial charge >= 0.3 is 0 Å². The SMILES string of the molecule is CNc1c(O)ccc2c1CC[C@@H](N)[C@@H]2O. The van der Waals surface area contributed by atoms with Gasteiger partial charge in [-0.25, -0.2) is 0 Å². The Morgan fingerprint density at radius 3 is 2.87 bits per heavy atom. The van der Waals surface area contributed by atoms with Crippen LogP contribution in [-0.2, 0) is 6.42 Å². The van der Waals surface area contributed by atoms with Crippen molar-refractivity contribution in [2.45, 2.75) is 25.0 Å². The minimum Gasteiger partial charge on any atom is -0.506 e. The van der Waals surface area contributed by atoms with Gasteiger partial charge in [0.25, 0.3) is 0 Å². The van der Waals surface area contributed by atoms with Crippen LogP contribution in [0.25, 0.3) is 0 Å². The molecule has 15 heavy (non-hydrogen) atoms. The molecular formula is C11H16N2O2. The van der Waals surface area contributed by atoms with Gasteiger partial charge in [0, 0.05) is 13.1 Å². The molecule has 0 bridgehead atoms. The van der Waals surface area contributed by atoms with Gasteiger partial charge in [-0.1, -0.05) is 6.07 Å². The lowest BCUT2D eigenvalue weighted by atomic mass is 9.85. The summed E-state index contributed by atoms with van der Waals surface area (Å²) in [6.45, 7) is 0. The summed E-state index contributed by atoms with van der Waals surface area (Å²) in [5, 5.41) is 22.5. The molecule has 0 saturated heterocycles. The fraction of sp³-hybridized carbons (Fsp3) is 0.455. The van der Waals surface area contributed by atoms with Gasteiger partial charge in [0.2, 0.25) is 0 Å². The third kappa shape index (κ3) is 1.56. The number of aliphatic hydroxyl groups excluding tert-OH is 1. The van der Waals surface area contributed by atoms with E-state index in [4.69, 9.17) is 5.73 Å². The quantitative estimate of drug-likeness (QED) is 0.513. The van der Waals surface area contributed by atoms with Crippen LogP contribution in [0.3, 0.4) is 0 Å². The van der Waals surface area contributed by atoms with Crippen LogP contribution in [0, 0.1) is 0 Å². The number of hydrogen-bond donors (Lipinski definition) is 4. The summed E-state index contributed by atoms with van der Waals surface area (Å²) in [5.41, 5.74) is 8.30. The molecule has 0 heterocycles. The molecule has 2 atom stereocenters. The van der Waals surface area contributed by atoms with E-state index in [0.717, 1.165) is 24.0 Å². The fourth-order valence-electron chi connectivity index (χ4n) is 2.18. The van der Waals surface area contributed by atoms with Crippen LogP contribution in [-0.4, -0.2) is 23.3 Å². The minimum absolute atomic E-state index is 0.202. The molecule has 0 spiro atoms. The summed E-state index contributed by atoms with van der Waals surface area (Å²) < 4.78 is 0. The Balaban J connectivity index is 2.53. The lowest BCUT2D eigenvalue weighted by molar-refractivity contribution is 0.134. The Hall–Kier alpha value is -1.26. The number of hydrogen-bond acceptors (Lipinski definition) is 4. The van der Waals surface area contributed by atoms with Crippen LogP contribution in [0.1, 0.15) is 23.7 Å². The number of aliphatic hydroxyl groups is 1. The molecule has 4 nitrogen and oxygen atoms in total. The Bertz CT molecular complexity index is 379. The summed E-state index contributed by atoms with van der Waals surface area (Å²) in [6.07, 6.45) is 0.909. The molecule has 0 fully saturated rings. The second-order valence-electron chi connectivity index (χ2n) is 3.92. The molecule has 0 unspecified atom stereocenters. The molecule has 2 rings (SSSR count).